The van der Waals surface area contributed by atoms with Crippen molar-refractivity contribution in [3.8, 4) is 0 Å². The number of ketones is 1. The van der Waals surface area contributed by atoms with Gasteiger partial charge in [-0.3, -0.25) is 4.79 Å². The zero-order chi connectivity index (χ0) is 19.6. The third-order valence-corrected chi connectivity index (χ3v) is 7.68. The lowest BCUT2D eigenvalue weighted by atomic mass is 9.63. The molecule has 0 amide bonds. The summed E-state index contributed by atoms with van der Waals surface area (Å²) in [5.41, 5.74) is 1.54. The minimum absolute atomic E-state index is 0.110. The highest BCUT2D eigenvalue weighted by atomic mass is 28.4. The molecule has 1 fully saturated rings. The van der Waals surface area contributed by atoms with Crippen LogP contribution in [0.4, 0.5) is 0 Å². The molecule has 0 aromatic rings. The number of carbonyl (C=O) groups excluding carboxylic acids is 1. The summed E-state index contributed by atoms with van der Waals surface area (Å²) in [5.74, 6) is 1.25. The molecule has 2 nitrogen and oxygen atoms in total. The van der Waals surface area contributed by atoms with E-state index in [2.05, 4.69) is 65.6 Å². The second-order valence-corrected chi connectivity index (χ2v) is 14.1. The molecule has 0 unspecified atom stereocenters. The molecule has 0 radical (unpaired) electrons. The van der Waals surface area contributed by atoms with E-state index in [9.17, 15) is 4.79 Å². The van der Waals surface area contributed by atoms with E-state index in [-0.39, 0.29) is 16.9 Å². The van der Waals surface area contributed by atoms with E-state index < -0.39 is 8.32 Å². The van der Waals surface area contributed by atoms with Gasteiger partial charge in [-0.15, -0.1) is 0 Å². The number of Topliss-reactive ketones (excluding diaryl/α,β-unsaturated/α-hetero) is 1. The number of hydrogen-bond donors (Lipinski definition) is 0. The average molecular weight is 377 g/mol. The maximum atomic E-state index is 12.3. The van der Waals surface area contributed by atoms with E-state index in [1.54, 1.807) is 0 Å². The van der Waals surface area contributed by atoms with Crippen molar-refractivity contribution in [1.29, 1.82) is 0 Å². The standard InChI is InChI=1S/C23H40O2Si/c1-8-23(9-2,25-26(5,6)7)17-10-12-18(3)19-14-15-20-21(24)13-11-16-22(19,20)4/h10,14,17-18,20H,8-9,11-13,15-16H2,1-7H3/b17-10+/t18-,20-,22+/m0/s1. The van der Waals surface area contributed by atoms with Crippen molar-refractivity contribution in [2.24, 2.45) is 17.3 Å². The molecule has 0 saturated heterocycles. The summed E-state index contributed by atoms with van der Waals surface area (Å²) >= 11 is 0. The van der Waals surface area contributed by atoms with Crippen LogP contribution in [0.2, 0.25) is 19.6 Å². The second-order valence-electron chi connectivity index (χ2n) is 9.71. The van der Waals surface area contributed by atoms with Gasteiger partial charge in [0, 0.05) is 12.3 Å². The molecule has 0 heterocycles. The Morgan fingerprint density at radius 1 is 1.35 bits per heavy atom. The van der Waals surface area contributed by atoms with E-state index >= 15 is 0 Å². The molecular formula is C23H40O2Si. The second kappa shape index (κ2) is 8.14. The predicted octanol–water partition coefficient (Wildman–Crippen LogP) is 6.68. The normalized spacial score (nSPS) is 28.3. The van der Waals surface area contributed by atoms with Gasteiger partial charge in [0.2, 0.25) is 0 Å². The van der Waals surface area contributed by atoms with Gasteiger partial charge in [-0.1, -0.05) is 51.5 Å². The fraction of sp³-hybridized carbons (Fsp3) is 0.783. The van der Waals surface area contributed by atoms with Crippen LogP contribution in [0.1, 0.15) is 72.6 Å². The summed E-state index contributed by atoms with van der Waals surface area (Å²) in [7, 11) is -1.58. The Labute approximate surface area is 162 Å². The van der Waals surface area contributed by atoms with Crippen LogP contribution in [-0.4, -0.2) is 19.7 Å². The fourth-order valence-electron chi connectivity index (χ4n) is 5.20. The molecule has 0 aromatic carbocycles. The first-order chi connectivity index (χ1) is 12.1. The largest absolute Gasteiger partial charge is 0.409 e. The van der Waals surface area contributed by atoms with E-state index in [0.717, 1.165) is 38.5 Å². The minimum atomic E-state index is -1.58. The Morgan fingerprint density at radius 3 is 2.58 bits per heavy atom. The van der Waals surface area contributed by atoms with Crippen LogP contribution in [0, 0.1) is 17.3 Å². The molecular weight excluding hydrogens is 336 g/mol. The lowest BCUT2D eigenvalue weighted by Gasteiger charge is -2.40. The first-order valence-corrected chi connectivity index (χ1v) is 14.1. The predicted molar refractivity (Wildman–Crippen MR) is 114 cm³/mol. The molecule has 0 aliphatic heterocycles. The van der Waals surface area contributed by atoms with Gasteiger partial charge in [0.25, 0.3) is 0 Å². The van der Waals surface area contributed by atoms with Crippen molar-refractivity contribution in [3.63, 3.8) is 0 Å². The first-order valence-electron chi connectivity index (χ1n) is 10.7. The third kappa shape index (κ3) is 4.59. The number of hydrogen-bond acceptors (Lipinski definition) is 2. The van der Waals surface area contributed by atoms with Crippen LogP contribution in [-0.2, 0) is 9.22 Å². The molecule has 0 spiro atoms. The topological polar surface area (TPSA) is 26.3 Å². The summed E-state index contributed by atoms with van der Waals surface area (Å²) in [6.45, 7) is 16.0. The van der Waals surface area contributed by atoms with E-state index in [0.29, 0.717) is 11.7 Å². The maximum Gasteiger partial charge on any atom is 0.184 e. The van der Waals surface area contributed by atoms with Gasteiger partial charge in [0.1, 0.15) is 5.78 Å². The number of carbonyl (C=O) groups is 1. The van der Waals surface area contributed by atoms with Crippen molar-refractivity contribution < 1.29 is 9.22 Å². The van der Waals surface area contributed by atoms with Crippen molar-refractivity contribution >= 4 is 14.1 Å². The Hall–Kier alpha value is -0.673. The average Bonchev–Trinajstić information content (AvgIpc) is 2.91. The molecule has 2 rings (SSSR count). The minimum Gasteiger partial charge on any atom is -0.409 e. The molecule has 1 saturated carbocycles. The Kier molecular flexibility index (Phi) is 6.77. The highest BCUT2D eigenvalue weighted by Gasteiger charge is 2.47. The summed E-state index contributed by atoms with van der Waals surface area (Å²) in [5, 5.41) is 0. The van der Waals surface area contributed by atoms with Crippen molar-refractivity contribution in [3.05, 3.63) is 23.8 Å². The monoisotopic (exact) mass is 376 g/mol. The lowest BCUT2D eigenvalue weighted by Crippen LogP contribution is -2.40. The molecule has 2 aliphatic rings. The summed E-state index contributed by atoms with van der Waals surface area (Å²) < 4.78 is 6.54. The smallest absolute Gasteiger partial charge is 0.184 e. The van der Waals surface area contributed by atoms with Crippen LogP contribution < -0.4 is 0 Å². The van der Waals surface area contributed by atoms with E-state index in [1.807, 2.05) is 0 Å². The van der Waals surface area contributed by atoms with Gasteiger partial charge < -0.3 is 4.43 Å². The van der Waals surface area contributed by atoms with Crippen LogP contribution >= 0.6 is 0 Å². The number of rotatable bonds is 8. The Balaban J connectivity index is 2.06. The molecule has 26 heavy (non-hydrogen) atoms. The SMILES string of the molecule is CCC(/C=C/C[C@H](C)C1=CC[C@H]2C(=O)CCC[C@]12C)(CC)O[Si](C)(C)C. The van der Waals surface area contributed by atoms with Crippen LogP contribution in [0.3, 0.4) is 0 Å². The zero-order valence-corrected chi connectivity index (χ0v) is 19.2. The molecule has 3 atom stereocenters. The molecule has 3 heteroatoms. The zero-order valence-electron chi connectivity index (χ0n) is 18.2. The number of allylic oxidation sites excluding steroid dienone is 3. The quantitative estimate of drug-likeness (QED) is 0.348. The summed E-state index contributed by atoms with van der Waals surface area (Å²) in [6, 6.07) is 0. The highest BCUT2D eigenvalue weighted by molar-refractivity contribution is 6.69. The molecule has 2 aliphatic carbocycles. The highest BCUT2D eigenvalue weighted by Crippen LogP contribution is 2.53. The van der Waals surface area contributed by atoms with Gasteiger partial charge in [-0.2, -0.15) is 0 Å². The molecule has 0 bridgehead atoms. The maximum absolute atomic E-state index is 12.3. The first kappa shape index (κ1) is 21.6. The summed E-state index contributed by atoms with van der Waals surface area (Å²) in [4.78, 5) is 12.3. The van der Waals surface area contributed by atoms with E-state index in [4.69, 9.17) is 4.43 Å². The van der Waals surface area contributed by atoms with Gasteiger partial charge in [-0.05, 0) is 69.5 Å². The third-order valence-electron chi connectivity index (χ3n) is 6.66. The van der Waals surface area contributed by atoms with Crippen LogP contribution in [0.15, 0.2) is 23.8 Å². The Morgan fingerprint density at radius 2 is 2.00 bits per heavy atom. The lowest BCUT2D eigenvalue weighted by molar-refractivity contribution is -0.128. The Bertz CT molecular complexity index is 565. The van der Waals surface area contributed by atoms with Crippen LogP contribution in [0.25, 0.3) is 0 Å². The van der Waals surface area contributed by atoms with Gasteiger partial charge in [-0.25, -0.2) is 0 Å². The summed E-state index contributed by atoms with van der Waals surface area (Å²) in [6.07, 6.45) is 14.1. The van der Waals surface area contributed by atoms with Crippen molar-refractivity contribution in [1.82, 2.24) is 0 Å². The van der Waals surface area contributed by atoms with Crippen LogP contribution in [0.5, 0.6) is 0 Å². The van der Waals surface area contributed by atoms with Gasteiger partial charge in [0.05, 0.1) is 5.60 Å². The number of fused-ring (bicyclic) bond motifs is 1. The molecule has 148 valence electrons. The fourth-order valence-corrected chi connectivity index (χ4v) is 6.78. The van der Waals surface area contributed by atoms with Gasteiger partial charge >= 0.3 is 0 Å². The van der Waals surface area contributed by atoms with Crippen molar-refractivity contribution in [2.75, 3.05) is 0 Å². The van der Waals surface area contributed by atoms with E-state index in [1.165, 1.54) is 12.0 Å². The molecule has 0 aromatic heterocycles. The van der Waals surface area contributed by atoms with Gasteiger partial charge in [0.15, 0.2) is 8.32 Å². The van der Waals surface area contributed by atoms with Crippen molar-refractivity contribution in [2.45, 2.75) is 97.9 Å². The molecule has 0 N–H and O–H groups in total.